The minimum Gasteiger partial charge on any atom is -0.309 e. The van der Waals surface area contributed by atoms with Crippen LogP contribution in [-0.2, 0) is 5.41 Å². The lowest BCUT2D eigenvalue weighted by molar-refractivity contribution is 0.662. The van der Waals surface area contributed by atoms with Gasteiger partial charge in [-0.25, -0.2) is 9.97 Å². The van der Waals surface area contributed by atoms with Crippen molar-refractivity contribution in [1.29, 1.82) is 0 Å². The number of nitrogens with zero attached hydrogens (tertiary/aromatic N) is 3. The lowest BCUT2D eigenvalue weighted by Gasteiger charge is -2.24. The summed E-state index contributed by atoms with van der Waals surface area (Å²) in [5.74, 6) is 0.710. The molecule has 2 heterocycles. The Morgan fingerprint density at radius 2 is 0.966 bits per heavy atom. The third-order valence-corrected chi connectivity index (χ3v) is 12.0. The number of rotatable bonds is 6. The molecule has 8 aromatic carbocycles. The van der Waals surface area contributed by atoms with Gasteiger partial charge in [-0.05, 0) is 80.9 Å². The van der Waals surface area contributed by atoms with E-state index in [0.717, 1.165) is 44.8 Å². The summed E-state index contributed by atoms with van der Waals surface area (Å²) in [6.07, 6.45) is 0. The van der Waals surface area contributed by atoms with Crippen LogP contribution in [0.4, 0.5) is 0 Å². The van der Waals surface area contributed by atoms with Crippen LogP contribution in [0.5, 0.6) is 0 Å². The largest absolute Gasteiger partial charge is 0.309 e. The zero-order chi connectivity index (χ0) is 38.8. The summed E-state index contributed by atoms with van der Waals surface area (Å²) in [5.41, 5.74) is 18.7. The molecule has 0 spiro atoms. The summed E-state index contributed by atoms with van der Waals surface area (Å²) < 4.78 is 2.38. The van der Waals surface area contributed by atoms with Crippen LogP contribution >= 0.6 is 0 Å². The van der Waals surface area contributed by atoms with E-state index in [0.29, 0.717) is 5.82 Å². The molecule has 0 fully saturated rings. The molecule has 0 amide bonds. The molecular weight excluding hydrogens is 703 g/mol. The van der Waals surface area contributed by atoms with Gasteiger partial charge < -0.3 is 4.57 Å². The van der Waals surface area contributed by atoms with Gasteiger partial charge >= 0.3 is 0 Å². The van der Waals surface area contributed by atoms with Gasteiger partial charge in [-0.1, -0.05) is 178 Å². The highest BCUT2D eigenvalue weighted by molar-refractivity contribution is 6.11. The van der Waals surface area contributed by atoms with E-state index in [1.54, 1.807) is 0 Å². The minimum absolute atomic E-state index is 0.0686. The molecule has 0 saturated heterocycles. The Bertz CT molecular complexity index is 3100. The maximum Gasteiger partial charge on any atom is 0.160 e. The summed E-state index contributed by atoms with van der Waals surface area (Å²) >= 11 is 0. The molecule has 0 N–H and O–H groups in total. The maximum atomic E-state index is 5.16. The maximum absolute atomic E-state index is 5.16. The zero-order valence-electron chi connectivity index (χ0n) is 32.4. The average Bonchev–Trinajstić information content (AvgIpc) is 3.74. The third-order valence-electron chi connectivity index (χ3n) is 12.0. The molecule has 0 bridgehead atoms. The molecular formula is C55H39N3. The van der Waals surface area contributed by atoms with Crippen molar-refractivity contribution in [2.24, 2.45) is 0 Å². The van der Waals surface area contributed by atoms with Crippen LogP contribution in [0.15, 0.2) is 200 Å². The van der Waals surface area contributed by atoms with Gasteiger partial charge in [0, 0.05) is 38.6 Å². The summed E-state index contributed by atoms with van der Waals surface area (Å²) in [6.45, 7) is 4.72. The molecule has 3 nitrogen and oxygen atoms in total. The van der Waals surface area contributed by atoms with Gasteiger partial charge in [-0.3, -0.25) is 0 Å². The van der Waals surface area contributed by atoms with Crippen molar-refractivity contribution in [3.05, 3.63) is 211 Å². The first kappa shape index (κ1) is 33.9. The van der Waals surface area contributed by atoms with Crippen LogP contribution in [0.1, 0.15) is 25.0 Å². The van der Waals surface area contributed by atoms with Gasteiger partial charge in [0.25, 0.3) is 0 Å². The highest BCUT2D eigenvalue weighted by Gasteiger charge is 2.37. The Kier molecular flexibility index (Phi) is 7.84. The first-order chi connectivity index (χ1) is 28.5. The van der Waals surface area contributed by atoms with Crippen LogP contribution in [0, 0.1) is 0 Å². The van der Waals surface area contributed by atoms with E-state index >= 15 is 0 Å². The van der Waals surface area contributed by atoms with Crippen LogP contribution in [0.3, 0.4) is 0 Å². The van der Waals surface area contributed by atoms with E-state index in [4.69, 9.17) is 9.97 Å². The second kappa shape index (κ2) is 13.4. The van der Waals surface area contributed by atoms with Crippen molar-refractivity contribution in [2.75, 3.05) is 0 Å². The van der Waals surface area contributed by atoms with Gasteiger partial charge in [-0.2, -0.15) is 0 Å². The van der Waals surface area contributed by atoms with Crippen LogP contribution in [0.2, 0.25) is 0 Å². The smallest absolute Gasteiger partial charge is 0.160 e. The highest BCUT2D eigenvalue weighted by Crippen LogP contribution is 2.52. The summed E-state index contributed by atoms with van der Waals surface area (Å²) in [7, 11) is 0. The summed E-state index contributed by atoms with van der Waals surface area (Å²) in [5, 5.41) is 2.41. The Morgan fingerprint density at radius 3 is 1.72 bits per heavy atom. The van der Waals surface area contributed by atoms with E-state index < -0.39 is 0 Å². The molecule has 1 aliphatic rings. The molecule has 10 aromatic rings. The predicted molar refractivity (Wildman–Crippen MR) is 241 cm³/mol. The lowest BCUT2D eigenvalue weighted by atomic mass is 9.79. The quantitative estimate of drug-likeness (QED) is 0.170. The van der Waals surface area contributed by atoms with Gasteiger partial charge in [0.15, 0.2) is 5.82 Å². The third kappa shape index (κ3) is 5.50. The van der Waals surface area contributed by atoms with Crippen molar-refractivity contribution in [1.82, 2.24) is 14.5 Å². The van der Waals surface area contributed by atoms with Gasteiger partial charge in [0.05, 0.1) is 22.4 Å². The lowest BCUT2D eigenvalue weighted by Crippen LogP contribution is -2.16. The minimum atomic E-state index is -0.0686. The standard InChI is InChI=1S/C55H39N3/c1-55(2)48-24-13-12-21-44(48)46-23-14-22-43(53(46)55)37-27-25-36(26-28-37)40-30-32-51-47(33-40)45-31-29-41(34-52(45)58(51)42-19-10-5-11-20-42)50-35-49(38-15-6-3-7-16-38)56-54(57-50)39-17-8-4-9-18-39/h3-35H,1-2H3. The number of para-hydroxylation sites is 1. The first-order valence-electron chi connectivity index (χ1n) is 20.0. The Hall–Kier alpha value is -7.36. The predicted octanol–water partition coefficient (Wildman–Crippen LogP) is 14.2. The van der Waals surface area contributed by atoms with Crippen LogP contribution in [-0.4, -0.2) is 14.5 Å². The Labute approximate surface area is 338 Å². The van der Waals surface area contributed by atoms with Crippen molar-refractivity contribution in [3.8, 4) is 73.0 Å². The molecule has 0 atom stereocenters. The van der Waals surface area contributed by atoms with Crippen LogP contribution < -0.4 is 0 Å². The SMILES string of the molecule is CC1(C)c2ccccc2-c2cccc(-c3ccc(-c4ccc5c(c4)c4ccc(-c6cc(-c7ccccc7)nc(-c7ccccc7)n6)cc4n5-c4ccccc4)cc3)c21. The summed E-state index contributed by atoms with van der Waals surface area (Å²) in [6, 6.07) is 71.8. The fourth-order valence-corrected chi connectivity index (χ4v) is 9.21. The van der Waals surface area contributed by atoms with Gasteiger partial charge in [0.2, 0.25) is 0 Å². The van der Waals surface area contributed by atoms with Crippen LogP contribution in [0.25, 0.3) is 94.8 Å². The van der Waals surface area contributed by atoms with Gasteiger partial charge in [-0.15, -0.1) is 0 Å². The van der Waals surface area contributed by atoms with Crippen molar-refractivity contribution in [3.63, 3.8) is 0 Å². The number of benzene rings is 8. The number of fused-ring (bicyclic) bond motifs is 6. The second-order valence-electron chi connectivity index (χ2n) is 15.8. The van der Waals surface area contributed by atoms with Crippen molar-refractivity contribution >= 4 is 21.8 Å². The molecule has 3 heteroatoms. The average molecular weight is 742 g/mol. The van der Waals surface area contributed by atoms with E-state index in [9.17, 15) is 0 Å². The molecule has 58 heavy (non-hydrogen) atoms. The molecule has 2 aromatic heterocycles. The number of hydrogen-bond acceptors (Lipinski definition) is 2. The number of aromatic nitrogens is 3. The van der Waals surface area contributed by atoms with E-state index in [1.165, 1.54) is 55.3 Å². The fraction of sp³-hybridized carbons (Fsp3) is 0.0545. The molecule has 1 aliphatic carbocycles. The Morgan fingerprint density at radius 1 is 0.379 bits per heavy atom. The normalized spacial score (nSPS) is 12.8. The zero-order valence-corrected chi connectivity index (χ0v) is 32.4. The fourth-order valence-electron chi connectivity index (χ4n) is 9.21. The second-order valence-corrected chi connectivity index (χ2v) is 15.8. The number of hydrogen-bond donors (Lipinski definition) is 0. The van der Waals surface area contributed by atoms with E-state index in [-0.39, 0.29) is 5.41 Å². The summed E-state index contributed by atoms with van der Waals surface area (Å²) in [4.78, 5) is 10.2. The molecule has 274 valence electrons. The molecule has 0 saturated carbocycles. The van der Waals surface area contributed by atoms with E-state index in [1.807, 2.05) is 24.3 Å². The molecule has 0 radical (unpaired) electrons. The topological polar surface area (TPSA) is 30.7 Å². The van der Waals surface area contributed by atoms with Crippen molar-refractivity contribution < 1.29 is 0 Å². The van der Waals surface area contributed by atoms with E-state index in [2.05, 4.69) is 194 Å². The first-order valence-corrected chi connectivity index (χ1v) is 20.0. The molecule has 11 rings (SSSR count). The van der Waals surface area contributed by atoms with Crippen molar-refractivity contribution in [2.45, 2.75) is 19.3 Å². The molecule has 0 unspecified atom stereocenters. The Balaban J connectivity index is 1.03. The van der Waals surface area contributed by atoms with Gasteiger partial charge in [0.1, 0.15) is 0 Å². The monoisotopic (exact) mass is 741 g/mol. The molecule has 0 aliphatic heterocycles. The highest BCUT2D eigenvalue weighted by atomic mass is 15.0.